The molecule has 3 fully saturated rings. The molecule has 11 nitrogen and oxygen atoms in total. The standard InChI is InChI=1S/C17H22ClN7O4S/c1-24-7-10(5-20-24)21-17-19-6-11(18)16(23-17)22-12-8-28-15-13(9-29-14(12)15)25-3-2-4-30(25,26)27/h5-7,12-15H,2-4,8-9H2,1H3,(H2,19,21,22,23). The molecule has 2 aromatic rings. The van der Waals surface area contributed by atoms with E-state index in [4.69, 9.17) is 21.1 Å². The summed E-state index contributed by atoms with van der Waals surface area (Å²) < 4.78 is 39.7. The molecule has 0 radical (unpaired) electrons. The Morgan fingerprint density at radius 1 is 1.23 bits per heavy atom. The quantitative estimate of drug-likeness (QED) is 0.666. The highest BCUT2D eigenvalue weighted by molar-refractivity contribution is 7.89. The number of hydrogen-bond donors (Lipinski definition) is 2. The lowest BCUT2D eigenvalue weighted by Crippen LogP contribution is -2.45. The first-order chi connectivity index (χ1) is 14.4. The van der Waals surface area contributed by atoms with Crippen LogP contribution in [-0.2, 0) is 26.5 Å². The smallest absolute Gasteiger partial charge is 0.229 e. The number of rotatable bonds is 5. The number of anilines is 3. The summed E-state index contributed by atoms with van der Waals surface area (Å²) in [5.74, 6) is 1.01. The largest absolute Gasteiger partial charge is 0.371 e. The zero-order valence-corrected chi connectivity index (χ0v) is 17.8. The molecule has 2 aromatic heterocycles. The predicted molar refractivity (Wildman–Crippen MR) is 109 cm³/mol. The number of fused-ring (bicyclic) bond motifs is 1. The van der Waals surface area contributed by atoms with Crippen molar-refractivity contribution in [2.24, 2.45) is 7.05 Å². The van der Waals surface area contributed by atoms with Crippen molar-refractivity contribution in [1.29, 1.82) is 0 Å². The van der Waals surface area contributed by atoms with Crippen LogP contribution in [0.3, 0.4) is 0 Å². The third kappa shape index (κ3) is 3.62. The van der Waals surface area contributed by atoms with Crippen molar-refractivity contribution in [2.45, 2.75) is 30.7 Å². The Kier molecular flexibility index (Phi) is 5.06. The van der Waals surface area contributed by atoms with Gasteiger partial charge in [-0.2, -0.15) is 14.4 Å². The Labute approximate surface area is 178 Å². The van der Waals surface area contributed by atoms with Crippen molar-refractivity contribution in [1.82, 2.24) is 24.1 Å². The van der Waals surface area contributed by atoms with Gasteiger partial charge in [0.15, 0.2) is 5.82 Å². The molecule has 2 N–H and O–H groups in total. The number of hydrogen-bond acceptors (Lipinski definition) is 9. The number of nitrogens with zero attached hydrogens (tertiary/aromatic N) is 5. The molecule has 3 aliphatic heterocycles. The molecule has 162 valence electrons. The molecular weight excluding hydrogens is 434 g/mol. The summed E-state index contributed by atoms with van der Waals surface area (Å²) in [5.41, 5.74) is 0.754. The highest BCUT2D eigenvalue weighted by Gasteiger charge is 2.52. The second-order valence-electron chi connectivity index (χ2n) is 7.61. The molecule has 0 bridgehead atoms. The molecule has 5 rings (SSSR count). The molecule has 13 heteroatoms. The zero-order chi connectivity index (χ0) is 20.9. The van der Waals surface area contributed by atoms with Gasteiger partial charge >= 0.3 is 0 Å². The van der Waals surface area contributed by atoms with E-state index in [1.807, 2.05) is 7.05 Å². The molecule has 30 heavy (non-hydrogen) atoms. The number of nitrogens with one attached hydrogen (secondary N) is 2. The maximum Gasteiger partial charge on any atom is 0.229 e. The predicted octanol–water partition coefficient (Wildman–Crippen LogP) is 0.589. The van der Waals surface area contributed by atoms with Crippen molar-refractivity contribution in [3.05, 3.63) is 23.6 Å². The lowest BCUT2D eigenvalue weighted by Gasteiger charge is -2.25. The van der Waals surface area contributed by atoms with E-state index < -0.39 is 10.0 Å². The number of ether oxygens (including phenoxy) is 2. The second kappa shape index (κ2) is 7.61. The minimum Gasteiger partial charge on any atom is -0.371 e. The molecule has 4 unspecified atom stereocenters. The summed E-state index contributed by atoms with van der Waals surface area (Å²) in [6.07, 6.45) is 5.02. The Bertz CT molecular complexity index is 1050. The Morgan fingerprint density at radius 3 is 2.80 bits per heavy atom. The van der Waals surface area contributed by atoms with Crippen LogP contribution in [0.1, 0.15) is 6.42 Å². The lowest BCUT2D eigenvalue weighted by molar-refractivity contribution is 0.0600. The normalized spacial score (nSPS) is 30.5. The van der Waals surface area contributed by atoms with Gasteiger partial charge in [0.1, 0.15) is 17.2 Å². The first-order valence-corrected chi connectivity index (χ1v) is 11.7. The summed E-state index contributed by atoms with van der Waals surface area (Å²) in [6.45, 7) is 1.20. The molecule has 3 saturated heterocycles. The minimum atomic E-state index is -3.23. The van der Waals surface area contributed by atoms with Crippen LogP contribution in [0.15, 0.2) is 18.6 Å². The van der Waals surface area contributed by atoms with Gasteiger partial charge in [0, 0.05) is 19.8 Å². The summed E-state index contributed by atoms with van der Waals surface area (Å²) in [5, 5.41) is 10.8. The van der Waals surface area contributed by atoms with Gasteiger partial charge in [0.2, 0.25) is 16.0 Å². The molecule has 3 aliphatic rings. The number of halogens is 1. The molecule has 0 saturated carbocycles. The topological polar surface area (TPSA) is 124 Å². The molecule has 4 atom stereocenters. The van der Waals surface area contributed by atoms with Crippen LogP contribution in [-0.4, -0.2) is 82.3 Å². The zero-order valence-electron chi connectivity index (χ0n) is 16.2. The van der Waals surface area contributed by atoms with E-state index in [-0.39, 0.29) is 30.0 Å². The average molecular weight is 456 g/mol. The monoisotopic (exact) mass is 455 g/mol. The van der Waals surface area contributed by atoms with Gasteiger partial charge in [-0.1, -0.05) is 11.6 Å². The third-order valence-electron chi connectivity index (χ3n) is 5.56. The maximum atomic E-state index is 12.3. The second-order valence-corrected chi connectivity index (χ2v) is 10.1. The van der Waals surface area contributed by atoms with Gasteiger partial charge in [-0.15, -0.1) is 0 Å². The van der Waals surface area contributed by atoms with E-state index in [1.54, 1.807) is 17.1 Å². The van der Waals surface area contributed by atoms with Crippen LogP contribution >= 0.6 is 11.6 Å². The van der Waals surface area contributed by atoms with Crippen LogP contribution in [0.5, 0.6) is 0 Å². The molecule has 5 heterocycles. The fraction of sp³-hybridized carbons (Fsp3) is 0.588. The van der Waals surface area contributed by atoms with Crippen molar-refractivity contribution >= 4 is 39.1 Å². The molecular formula is C17H22ClN7O4S. The lowest BCUT2D eigenvalue weighted by atomic mass is 10.1. The number of aryl methyl sites for hydroxylation is 1. The van der Waals surface area contributed by atoms with Crippen LogP contribution in [0.4, 0.5) is 17.5 Å². The SMILES string of the molecule is Cn1cc(Nc2ncc(Cl)c(NC3COC4C3OCC4N3CCCS3(=O)=O)n2)cn1. The van der Waals surface area contributed by atoms with Crippen LogP contribution in [0.2, 0.25) is 5.02 Å². The van der Waals surface area contributed by atoms with Gasteiger partial charge in [0.25, 0.3) is 0 Å². The Morgan fingerprint density at radius 2 is 2.07 bits per heavy atom. The average Bonchev–Trinajstić information content (AvgIpc) is 3.45. The van der Waals surface area contributed by atoms with Crippen LogP contribution in [0, 0.1) is 0 Å². The van der Waals surface area contributed by atoms with Crippen molar-refractivity contribution in [2.75, 3.05) is 36.1 Å². The molecule has 0 spiro atoms. The Hall–Kier alpha value is -1.99. The van der Waals surface area contributed by atoms with Gasteiger partial charge < -0.3 is 20.1 Å². The van der Waals surface area contributed by atoms with Gasteiger partial charge in [-0.05, 0) is 6.42 Å². The van der Waals surface area contributed by atoms with Crippen LogP contribution < -0.4 is 10.6 Å². The summed E-state index contributed by atoms with van der Waals surface area (Å²) in [4.78, 5) is 8.65. The van der Waals surface area contributed by atoms with E-state index in [0.717, 1.165) is 5.69 Å². The van der Waals surface area contributed by atoms with E-state index in [2.05, 4.69) is 25.7 Å². The van der Waals surface area contributed by atoms with E-state index in [0.29, 0.717) is 43.0 Å². The molecule has 0 aliphatic carbocycles. The summed E-state index contributed by atoms with van der Waals surface area (Å²) in [6, 6.07) is -0.498. The first kappa shape index (κ1) is 19.9. The van der Waals surface area contributed by atoms with E-state index in [9.17, 15) is 8.42 Å². The first-order valence-electron chi connectivity index (χ1n) is 9.68. The highest BCUT2D eigenvalue weighted by Crippen LogP contribution is 2.35. The van der Waals surface area contributed by atoms with E-state index >= 15 is 0 Å². The van der Waals surface area contributed by atoms with Crippen molar-refractivity contribution in [3.8, 4) is 0 Å². The summed E-state index contributed by atoms with van der Waals surface area (Å²) >= 11 is 6.29. The minimum absolute atomic E-state index is 0.186. The fourth-order valence-electron chi connectivity index (χ4n) is 4.20. The van der Waals surface area contributed by atoms with E-state index in [1.165, 1.54) is 10.5 Å². The molecule has 0 amide bonds. The number of sulfonamides is 1. The fourth-order valence-corrected chi connectivity index (χ4v) is 6.07. The van der Waals surface area contributed by atoms with Gasteiger partial charge in [-0.25, -0.2) is 13.4 Å². The molecule has 0 aromatic carbocycles. The summed E-state index contributed by atoms with van der Waals surface area (Å²) in [7, 11) is -1.41. The maximum absolute atomic E-state index is 12.3. The highest BCUT2D eigenvalue weighted by atomic mass is 35.5. The van der Waals surface area contributed by atoms with Crippen LogP contribution in [0.25, 0.3) is 0 Å². The number of aromatic nitrogens is 4. The Balaban J connectivity index is 1.29. The van der Waals surface area contributed by atoms with Gasteiger partial charge in [0.05, 0.1) is 49.1 Å². The van der Waals surface area contributed by atoms with Crippen molar-refractivity contribution in [3.63, 3.8) is 0 Å². The van der Waals surface area contributed by atoms with Gasteiger partial charge in [-0.3, -0.25) is 4.68 Å². The van der Waals surface area contributed by atoms with Crippen molar-refractivity contribution < 1.29 is 17.9 Å². The third-order valence-corrected chi connectivity index (χ3v) is 7.81.